The van der Waals surface area contributed by atoms with E-state index in [9.17, 15) is 22.8 Å². The number of likely N-dealkylation sites (tertiary alicyclic amines) is 2. The topological polar surface area (TPSA) is 52.7 Å². The number of amides is 2. The summed E-state index contributed by atoms with van der Waals surface area (Å²) >= 11 is 0. The van der Waals surface area contributed by atoms with E-state index >= 15 is 0 Å². The number of rotatable bonds is 4. The smallest absolute Gasteiger partial charge is 0.353 e. The van der Waals surface area contributed by atoms with Gasteiger partial charge in [-0.15, -0.1) is 0 Å². The molecule has 0 aromatic carbocycles. The number of carbonyl (C=O) groups excluding carboxylic acids is 2. The molecule has 1 unspecified atom stereocenters. The molecule has 0 aromatic rings. The molecule has 3 rings (SSSR count). The second-order valence-electron chi connectivity index (χ2n) is 6.77. The van der Waals surface area contributed by atoms with Crippen LogP contribution in [-0.4, -0.2) is 66.1 Å². The van der Waals surface area contributed by atoms with Gasteiger partial charge in [-0.3, -0.25) is 14.5 Å². The van der Waals surface area contributed by atoms with Gasteiger partial charge in [0.1, 0.15) is 6.54 Å². The highest BCUT2D eigenvalue weighted by Gasteiger charge is 2.42. The first kappa shape index (κ1) is 16.5. The van der Waals surface area contributed by atoms with Gasteiger partial charge in [-0.1, -0.05) is 0 Å². The van der Waals surface area contributed by atoms with E-state index in [1.807, 2.05) is 4.90 Å². The maximum absolute atomic E-state index is 12.4. The molecule has 2 amide bonds. The molecule has 3 aliphatic rings. The van der Waals surface area contributed by atoms with Crippen molar-refractivity contribution in [2.24, 2.45) is 5.92 Å². The lowest BCUT2D eigenvalue weighted by molar-refractivity contribution is -0.159. The minimum atomic E-state index is -4.35. The molecular formula is C15H22F3N3O2. The number of nitrogens with one attached hydrogen (secondary N) is 1. The van der Waals surface area contributed by atoms with Crippen LogP contribution >= 0.6 is 0 Å². The van der Waals surface area contributed by atoms with E-state index < -0.39 is 24.7 Å². The van der Waals surface area contributed by atoms with E-state index in [0.717, 1.165) is 17.7 Å². The quantitative estimate of drug-likeness (QED) is 0.839. The van der Waals surface area contributed by atoms with Crippen molar-refractivity contribution in [3.05, 3.63) is 0 Å². The molecule has 0 bridgehead atoms. The first-order valence-electron chi connectivity index (χ1n) is 8.23. The Morgan fingerprint density at radius 1 is 1.09 bits per heavy atom. The van der Waals surface area contributed by atoms with Gasteiger partial charge in [0.25, 0.3) is 0 Å². The van der Waals surface area contributed by atoms with Crippen molar-refractivity contribution in [2.75, 3.05) is 26.2 Å². The van der Waals surface area contributed by atoms with Crippen LogP contribution < -0.4 is 5.32 Å². The molecule has 1 atom stereocenters. The molecular weight excluding hydrogens is 311 g/mol. The second-order valence-corrected chi connectivity index (χ2v) is 6.77. The highest BCUT2D eigenvalue weighted by Crippen LogP contribution is 2.27. The Kier molecular flexibility index (Phi) is 4.53. The average Bonchev–Trinajstić information content (AvgIpc) is 3.22. The Morgan fingerprint density at radius 3 is 2.30 bits per heavy atom. The molecule has 2 saturated heterocycles. The highest BCUT2D eigenvalue weighted by molar-refractivity contribution is 5.84. The van der Waals surface area contributed by atoms with Crippen LogP contribution in [-0.2, 0) is 9.59 Å². The standard InChI is InChI=1S/C15H22F3N3O2/c16-15(17,18)9-21-8-5-12(14(21)23)20-6-3-10(4-7-20)13(22)19-11-1-2-11/h10-12H,1-9H2,(H,19,22). The zero-order chi connectivity index (χ0) is 16.6. The summed E-state index contributed by atoms with van der Waals surface area (Å²) in [7, 11) is 0. The van der Waals surface area contributed by atoms with Crippen molar-refractivity contribution >= 4 is 11.8 Å². The monoisotopic (exact) mass is 333 g/mol. The normalized spacial score (nSPS) is 27.5. The third-order valence-electron chi connectivity index (χ3n) is 4.90. The molecule has 1 N–H and O–H groups in total. The van der Waals surface area contributed by atoms with Crippen molar-refractivity contribution in [3.8, 4) is 0 Å². The number of hydrogen-bond acceptors (Lipinski definition) is 3. The SMILES string of the molecule is O=C(NC1CC1)C1CCN(C2CCN(CC(F)(F)F)C2=O)CC1. The van der Waals surface area contributed by atoms with Gasteiger partial charge in [0.05, 0.1) is 6.04 Å². The summed E-state index contributed by atoms with van der Waals surface area (Å²) < 4.78 is 37.3. The third-order valence-corrected chi connectivity index (χ3v) is 4.90. The van der Waals surface area contributed by atoms with Crippen LogP contribution in [0.15, 0.2) is 0 Å². The Hall–Kier alpha value is -1.31. The molecule has 2 heterocycles. The van der Waals surface area contributed by atoms with Crippen molar-refractivity contribution in [3.63, 3.8) is 0 Å². The molecule has 130 valence electrons. The average molecular weight is 333 g/mol. The van der Waals surface area contributed by atoms with Crippen LogP contribution in [0, 0.1) is 5.92 Å². The van der Waals surface area contributed by atoms with Gasteiger partial charge < -0.3 is 10.2 Å². The minimum Gasteiger partial charge on any atom is -0.353 e. The summed E-state index contributed by atoms with van der Waals surface area (Å²) in [6, 6.07) is -0.113. The highest BCUT2D eigenvalue weighted by atomic mass is 19.4. The van der Waals surface area contributed by atoms with Crippen LogP contribution in [0.1, 0.15) is 32.1 Å². The molecule has 0 aromatic heterocycles. The van der Waals surface area contributed by atoms with Gasteiger partial charge >= 0.3 is 6.18 Å². The summed E-state index contributed by atoms with van der Waals surface area (Å²) in [6.07, 6.45) is -0.470. The van der Waals surface area contributed by atoms with Gasteiger partial charge in [-0.2, -0.15) is 13.2 Å². The first-order valence-corrected chi connectivity index (χ1v) is 8.23. The molecule has 2 aliphatic heterocycles. The minimum absolute atomic E-state index is 0.0327. The van der Waals surface area contributed by atoms with E-state index in [1.165, 1.54) is 0 Å². The molecule has 0 radical (unpaired) electrons. The number of nitrogens with zero attached hydrogens (tertiary/aromatic N) is 2. The predicted molar refractivity (Wildman–Crippen MR) is 76.5 cm³/mol. The van der Waals surface area contributed by atoms with E-state index in [-0.39, 0.29) is 18.4 Å². The van der Waals surface area contributed by atoms with Gasteiger partial charge in [-0.05, 0) is 45.2 Å². The Labute approximate surface area is 133 Å². The summed E-state index contributed by atoms with van der Waals surface area (Å²) in [6.45, 7) is 0.186. The molecule has 1 saturated carbocycles. The van der Waals surface area contributed by atoms with Gasteiger partial charge in [0.15, 0.2) is 0 Å². The van der Waals surface area contributed by atoms with Crippen LogP contribution in [0.2, 0.25) is 0 Å². The summed E-state index contributed by atoms with van der Waals surface area (Å²) in [5.74, 6) is -0.374. The summed E-state index contributed by atoms with van der Waals surface area (Å²) in [5, 5.41) is 2.99. The number of carbonyl (C=O) groups is 2. The predicted octanol–water partition coefficient (Wildman–Crippen LogP) is 1.14. The Balaban J connectivity index is 1.48. The Morgan fingerprint density at radius 2 is 1.74 bits per heavy atom. The van der Waals surface area contributed by atoms with E-state index in [1.54, 1.807) is 0 Å². The van der Waals surface area contributed by atoms with Crippen molar-refractivity contribution in [1.29, 1.82) is 0 Å². The van der Waals surface area contributed by atoms with Gasteiger partial charge in [0.2, 0.25) is 11.8 Å². The van der Waals surface area contributed by atoms with Gasteiger partial charge in [-0.25, -0.2) is 0 Å². The van der Waals surface area contributed by atoms with E-state index in [0.29, 0.717) is 38.4 Å². The fourth-order valence-electron chi connectivity index (χ4n) is 3.45. The maximum atomic E-state index is 12.4. The maximum Gasteiger partial charge on any atom is 0.406 e. The number of piperidine rings is 1. The lowest BCUT2D eigenvalue weighted by Crippen LogP contribution is -2.48. The van der Waals surface area contributed by atoms with E-state index in [2.05, 4.69) is 5.32 Å². The molecule has 1 aliphatic carbocycles. The van der Waals surface area contributed by atoms with Crippen molar-refractivity contribution in [2.45, 2.75) is 50.4 Å². The second kappa shape index (κ2) is 6.30. The van der Waals surface area contributed by atoms with Crippen LogP contribution in [0.4, 0.5) is 13.2 Å². The molecule has 5 nitrogen and oxygen atoms in total. The summed E-state index contributed by atoms with van der Waals surface area (Å²) in [4.78, 5) is 27.0. The van der Waals surface area contributed by atoms with Crippen LogP contribution in [0.25, 0.3) is 0 Å². The fourth-order valence-corrected chi connectivity index (χ4v) is 3.45. The van der Waals surface area contributed by atoms with Crippen molar-refractivity contribution in [1.82, 2.24) is 15.1 Å². The lowest BCUT2D eigenvalue weighted by atomic mass is 9.94. The third kappa shape index (κ3) is 4.16. The summed E-state index contributed by atoms with van der Waals surface area (Å²) in [5.41, 5.74) is 0. The molecule has 23 heavy (non-hydrogen) atoms. The number of hydrogen-bond donors (Lipinski definition) is 1. The number of alkyl halides is 3. The molecule has 0 spiro atoms. The lowest BCUT2D eigenvalue weighted by Gasteiger charge is -2.34. The zero-order valence-corrected chi connectivity index (χ0v) is 12.9. The molecule has 3 fully saturated rings. The largest absolute Gasteiger partial charge is 0.406 e. The van der Waals surface area contributed by atoms with E-state index in [4.69, 9.17) is 0 Å². The fraction of sp³-hybridized carbons (Fsp3) is 0.867. The van der Waals surface area contributed by atoms with Crippen molar-refractivity contribution < 1.29 is 22.8 Å². The van der Waals surface area contributed by atoms with Gasteiger partial charge in [0, 0.05) is 18.5 Å². The van der Waals surface area contributed by atoms with Crippen LogP contribution in [0.3, 0.4) is 0 Å². The van der Waals surface area contributed by atoms with Crippen LogP contribution in [0.5, 0.6) is 0 Å². The zero-order valence-electron chi connectivity index (χ0n) is 12.9. The molecule has 8 heteroatoms. The first-order chi connectivity index (χ1) is 10.8. The number of halogens is 3. The Bertz CT molecular complexity index is 471.